The van der Waals surface area contributed by atoms with Gasteiger partial charge in [-0.1, -0.05) is 5.21 Å². The van der Waals surface area contributed by atoms with Crippen molar-refractivity contribution in [2.75, 3.05) is 33.0 Å². The van der Waals surface area contributed by atoms with Crippen molar-refractivity contribution in [3.63, 3.8) is 0 Å². The van der Waals surface area contributed by atoms with Crippen LogP contribution in [0.2, 0.25) is 0 Å². The molecule has 7 nitrogen and oxygen atoms in total. The summed E-state index contributed by atoms with van der Waals surface area (Å²) in [5.41, 5.74) is 1.24. The van der Waals surface area contributed by atoms with Crippen molar-refractivity contribution in [3.8, 4) is 5.69 Å². The van der Waals surface area contributed by atoms with Crippen molar-refractivity contribution in [2.45, 2.75) is 12.0 Å². The van der Waals surface area contributed by atoms with Crippen molar-refractivity contribution in [1.82, 2.24) is 19.9 Å². The molecule has 2 aliphatic heterocycles. The van der Waals surface area contributed by atoms with Gasteiger partial charge in [-0.15, -0.1) is 5.10 Å². The lowest BCUT2D eigenvalue weighted by molar-refractivity contribution is -0.0550. The van der Waals surface area contributed by atoms with Crippen LogP contribution in [0.1, 0.15) is 16.8 Å². The molecule has 3 heterocycles. The summed E-state index contributed by atoms with van der Waals surface area (Å²) in [5, 5.41) is 7.73. The first-order chi connectivity index (χ1) is 11.3. The number of hydrogen-bond donors (Lipinski definition) is 0. The molecule has 1 amide bonds. The molecule has 0 saturated carbocycles. The van der Waals surface area contributed by atoms with Crippen molar-refractivity contribution >= 4 is 5.91 Å². The van der Waals surface area contributed by atoms with Gasteiger partial charge in [0.25, 0.3) is 5.91 Å². The third-order valence-electron chi connectivity index (χ3n) is 4.53. The Hall–Kier alpha value is -2.25. The lowest BCUT2D eigenvalue weighted by Gasteiger charge is -2.43. The number of hydrogen-bond acceptors (Lipinski definition) is 5. The standard InChI is InChI=1S/C16H18N4O3/c21-15(19-8-10-23-12-16(19)5-9-22-11-16)13-1-3-14(4-2-13)20-7-6-17-18-20/h1-4,6-7H,5,8-12H2. The Morgan fingerprint density at radius 3 is 2.61 bits per heavy atom. The maximum absolute atomic E-state index is 12.9. The summed E-state index contributed by atoms with van der Waals surface area (Å²) in [5.74, 6) is 0.0314. The molecule has 0 N–H and O–H groups in total. The largest absolute Gasteiger partial charge is 0.379 e. The number of carbonyl (C=O) groups is 1. The van der Waals surface area contributed by atoms with Crippen molar-refractivity contribution in [1.29, 1.82) is 0 Å². The normalized spacial score (nSPS) is 24.3. The first-order valence-electron chi connectivity index (χ1n) is 7.73. The fourth-order valence-corrected chi connectivity index (χ4v) is 3.23. The lowest BCUT2D eigenvalue weighted by atomic mass is 9.94. The lowest BCUT2D eigenvalue weighted by Crippen LogP contribution is -2.59. The van der Waals surface area contributed by atoms with Gasteiger partial charge in [-0.25, -0.2) is 4.68 Å². The number of amides is 1. The Morgan fingerprint density at radius 1 is 1.13 bits per heavy atom. The van der Waals surface area contributed by atoms with Gasteiger partial charge < -0.3 is 14.4 Å². The Labute approximate surface area is 133 Å². The number of aromatic nitrogens is 3. The van der Waals surface area contributed by atoms with E-state index in [1.54, 1.807) is 17.1 Å². The van der Waals surface area contributed by atoms with Crippen LogP contribution in [0, 0.1) is 0 Å². The Morgan fingerprint density at radius 2 is 1.91 bits per heavy atom. The quantitative estimate of drug-likeness (QED) is 0.824. The maximum Gasteiger partial charge on any atom is 0.254 e. The van der Waals surface area contributed by atoms with Crippen LogP contribution in [0.3, 0.4) is 0 Å². The molecule has 2 saturated heterocycles. The molecule has 1 unspecified atom stereocenters. The van der Waals surface area contributed by atoms with Crippen LogP contribution in [0.15, 0.2) is 36.7 Å². The molecule has 2 aliphatic rings. The highest BCUT2D eigenvalue weighted by molar-refractivity contribution is 5.95. The highest BCUT2D eigenvalue weighted by Gasteiger charge is 2.45. The van der Waals surface area contributed by atoms with E-state index in [2.05, 4.69) is 10.3 Å². The maximum atomic E-state index is 12.9. The highest BCUT2D eigenvalue weighted by Crippen LogP contribution is 2.30. The van der Waals surface area contributed by atoms with Gasteiger partial charge in [0.1, 0.15) is 0 Å². The molecule has 1 atom stereocenters. The van der Waals surface area contributed by atoms with Gasteiger partial charge >= 0.3 is 0 Å². The summed E-state index contributed by atoms with van der Waals surface area (Å²) in [7, 11) is 0. The summed E-state index contributed by atoms with van der Waals surface area (Å²) < 4.78 is 12.8. The summed E-state index contributed by atoms with van der Waals surface area (Å²) in [4.78, 5) is 14.9. The van der Waals surface area contributed by atoms with Crippen LogP contribution in [-0.2, 0) is 9.47 Å². The number of benzene rings is 1. The zero-order valence-electron chi connectivity index (χ0n) is 12.7. The molecule has 0 radical (unpaired) electrons. The number of ether oxygens (including phenoxy) is 2. The van der Waals surface area contributed by atoms with E-state index in [1.807, 2.05) is 29.2 Å². The molecule has 2 aromatic rings. The van der Waals surface area contributed by atoms with E-state index >= 15 is 0 Å². The average molecular weight is 314 g/mol. The minimum atomic E-state index is -0.306. The number of nitrogens with zero attached hydrogens (tertiary/aromatic N) is 4. The summed E-state index contributed by atoms with van der Waals surface area (Å²) in [6, 6.07) is 7.41. The van der Waals surface area contributed by atoms with Crippen LogP contribution in [0.4, 0.5) is 0 Å². The summed E-state index contributed by atoms with van der Waals surface area (Å²) >= 11 is 0. The van der Waals surface area contributed by atoms with Crippen molar-refractivity contribution in [3.05, 3.63) is 42.2 Å². The van der Waals surface area contributed by atoms with Crippen molar-refractivity contribution < 1.29 is 14.3 Å². The topological polar surface area (TPSA) is 69.5 Å². The Bertz CT molecular complexity index is 678. The molecular formula is C16H18N4O3. The second-order valence-corrected chi connectivity index (χ2v) is 5.93. The molecule has 120 valence electrons. The van der Waals surface area contributed by atoms with Crippen molar-refractivity contribution in [2.24, 2.45) is 0 Å². The molecule has 4 rings (SSSR count). The van der Waals surface area contributed by atoms with Gasteiger partial charge in [-0.3, -0.25) is 4.79 Å². The van der Waals surface area contributed by atoms with Crippen LogP contribution in [0.5, 0.6) is 0 Å². The second kappa shape index (κ2) is 5.75. The minimum absolute atomic E-state index is 0.0314. The SMILES string of the molecule is O=C(c1ccc(-n2ccnn2)cc1)N1CCOCC12CCOC2. The Kier molecular flexibility index (Phi) is 3.59. The first kappa shape index (κ1) is 14.3. The van der Waals surface area contributed by atoms with Crippen LogP contribution < -0.4 is 0 Å². The predicted octanol–water partition coefficient (Wildman–Crippen LogP) is 0.899. The zero-order valence-corrected chi connectivity index (χ0v) is 12.7. The number of morpholine rings is 1. The summed E-state index contributed by atoms with van der Waals surface area (Å²) in [6.07, 6.45) is 4.22. The molecular weight excluding hydrogens is 296 g/mol. The second-order valence-electron chi connectivity index (χ2n) is 5.93. The molecule has 1 aromatic heterocycles. The third-order valence-corrected chi connectivity index (χ3v) is 4.53. The minimum Gasteiger partial charge on any atom is -0.379 e. The highest BCUT2D eigenvalue weighted by atomic mass is 16.5. The van der Waals surface area contributed by atoms with Gasteiger partial charge in [0.05, 0.1) is 43.4 Å². The van der Waals surface area contributed by atoms with Gasteiger partial charge in [-0.05, 0) is 30.7 Å². The molecule has 0 aliphatic carbocycles. The molecule has 1 aromatic carbocycles. The average Bonchev–Trinajstić information content (AvgIpc) is 3.28. The first-order valence-corrected chi connectivity index (χ1v) is 7.73. The summed E-state index contributed by atoms with van der Waals surface area (Å²) in [6.45, 7) is 2.96. The molecule has 23 heavy (non-hydrogen) atoms. The van der Waals surface area contributed by atoms with Crippen LogP contribution >= 0.6 is 0 Å². The van der Waals surface area contributed by atoms with Crippen LogP contribution in [0.25, 0.3) is 5.69 Å². The van der Waals surface area contributed by atoms with Crippen LogP contribution in [-0.4, -0.2) is 64.3 Å². The smallest absolute Gasteiger partial charge is 0.254 e. The van der Waals surface area contributed by atoms with Gasteiger partial charge in [0.2, 0.25) is 0 Å². The van der Waals surface area contributed by atoms with Gasteiger partial charge in [-0.2, -0.15) is 0 Å². The van der Waals surface area contributed by atoms with Gasteiger partial charge in [0, 0.05) is 18.7 Å². The van der Waals surface area contributed by atoms with E-state index in [4.69, 9.17) is 9.47 Å². The number of carbonyl (C=O) groups excluding carboxylic acids is 1. The zero-order chi connectivity index (χ0) is 15.7. The van der Waals surface area contributed by atoms with E-state index in [0.29, 0.717) is 38.5 Å². The van der Waals surface area contributed by atoms with Gasteiger partial charge in [0.15, 0.2) is 0 Å². The fourth-order valence-electron chi connectivity index (χ4n) is 3.23. The van der Waals surface area contributed by atoms with E-state index in [-0.39, 0.29) is 11.4 Å². The van der Waals surface area contributed by atoms with E-state index < -0.39 is 0 Å². The monoisotopic (exact) mass is 314 g/mol. The van der Waals surface area contributed by atoms with E-state index in [1.165, 1.54) is 0 Å². The third kappa shape index (κ3) is 2.51. The fraction of sp³-hybridized carbons (Fsp3) is 0.438. The van der Waals surface area contributed by atoms with E-state index in [0.717, 1.165) is 12.1 Å². The molecule has 2 fully saturated rings. The molecule has 7 heteroatoms. The predicted molar refractivity (Wildman–Crippen MR) is 81.4 cm³/mol. The molecule has 1 spiro atoms. The molecule has 0 bridgehead atoms. The van der Waals surface area contributed by atoms with E-state index in [9.17, 15) is 4.79 Å². The number of rotatable bonds is 2. The Balaban J connectivity index is 1.58.